The van der Waals surface area contributed by atoms with Gasteiger partial charge in [-0.05, 0) is 24.5 Å². The molecule has 0 N–H and O–H groups in total. The third kappa shape index (κ3) is 4.01. The number of benzene rings is 1. The minimum Gasteiger partial charge on any atom is -0.462 e. The van der Waals surface area contributed by atoms with Crippen LogP contribution in [-0.4, -0.2) is 21.0 Å². The van der Waals surface area contributed by atoms with Crippen LogP contribution >= 0.6 is 33.9 Å². The van der Waals surface area contributed by atoms with E-state index in [4.69, 9.17) is 38.6 Å². The molecule has 110 valence electrons. The third-order valence-electron chi connectivity index (χ3n) is 2.96. The normalized spacial score (nSPS) is 15.2. The molecule has 0 aromatic heterocycles. The van der Waals surface area contributed by atoms with E-state index < -0.39 is 15.0 Å². The molecule has 8 heteroatoms. The van der Waals surface area contributed by atoms with Gasteiger partial charge in [0.25, 0.3) is 9.05 Å². The maximum absolute atomic E-state index is 11.9. The number of hydrogen-bond acceptors (Lipinski definition) is 4. The van der Waals surface area contributed by atoms with Crippen molar-refractivity contribution in [2.45, 2.75) is 24.2 Å². The van der Waals surface area contributed by atoms with E-state index in [0.717, 1.165) is 31.4 Å². The molecule has 1 fully saturated rings. The molecule has 0 bridgehead atoms. The summed E-state index contributed by atoms with van der Waals surface area (Å²) in [6.07, 6.45) is 3.11. The Kier molecular flexibility index (Phi) is 4.84. The second-order valence-corrected chi connectivity index (χ2v) is 7.92. The molecule has 0 saturated heterocycles. The van der Waals surface area contributed by atoms with E-state index in [1.807, 2.05) is 0 Å². The molecular formula is C12H11Cl3O4S. The maximum Gasteiger partial charge on any atom is 0.339 e. The summed E-state index contributed by atoms with van der Waals surface area (Å²) in [6.45, 7) is 0.273. The van der Waals surface area contributed by atoms with Crippen LogP contribution in [0.4, 0.5) is 0 Å². The second kappa shape index (κ2) is 6.10. The largest absolute Gasteiger partial charge is 0.462 e. The summed E-state index contributed by atoms with van der Waals surface area (Å²) < 4.78 is 27.7. The van der Waals surface area contributed by atoms with Gasteiger partial charge in [0.1, 0.15) is 0 Å². The van der Waals surface area contributed by atoms with Gasteiger partial charge in [0.2, 0.25) is 0 Å². The lowest BCUT2D eigenvalue weighted by Gasteiger charge is -2.08. The molecule has 1 aliphatic rings. The molecular weight excluding hydrogens is 347 g/mol. The van der Waals surface area contributed by atoms with E-state index in [-0.39, 0.29) is 27.1 Å². The van der Waals surface area contributed by atoms with Gasteiger partial charge in [0.15, 0.2) is 0 Å². The van der Waals surface area contributed by atoms with E-state index in [1.165, 1.54) is 0 Å². The quantitative estimate of drug-likeness (QED) is 0.593. The van der Waals surface area contributed by atoms with Crippen molar-refractivity contribution in [2.24, 2.45) is 5.92 Å². The molecule has 2 rings (SSSR count). The molecule has 20 heavy (non-hydrogen) atoms. The highest BCUT2D eigenvalue weighted by Crippen LogP contribution is 2.33. The van der Waals surface area contributed by atoms with Gasteiger partial charge < -0.3 is 4.74 Å². The Morgan fingerprint density at radius 3 is 2.50 bits per heavy atom. The fraction of sp³-hybridized carbons (Fsp3) is 0.417. The minimum absolute atomic E-state index is 0.0489. The fourth-order valence-electron chi connectivity index (χ4n) is 1.66. The smallest absolute Gasteiger partial charge is 0.339 e. The number of ether oxygens (including phenoxy) is 1. The number of halogens is 3. The van der Waals surface area contributed by atoms with Gasteiger partial charge >= 0.3 is 5.97 Å². The molecule has 0 aliphatic heterocycles. The van der Waals surface area contributed by atoms with Crippen LogP contribution in [0.3, 0.4) is 0 Å². The van der Waals surface area contributed by atoms with Crippen molar-refractivity contribution < 1.29 is 17.9 Å². The van der Waals surface area contributed by atoms with E-state index >= 15 is 0 Å². The Hall–Kier alpha value is -0.490. The van der Waals surface area contributed by atoms with Crippen LogP contribution in [-0.2, 0) is 13.8 Å². The molecule has 4 nitrogen and oxygen atoms in total. The van der Waals surface area contributed by atoms with Crippen molar-refractivity contribution >= 4 is 48.9 Å². The summed E-state index contributed by atoms with van der Waals surface area (Å²) >= 11 is 11.7. The van der Waals surface area contributed by atoms with Crippen LogP contribution < -0.4 is 0 Å². The van der Waals surface area contributed by atoms with Crippen LogP contribution in [0.15, 0.2) is 17.0 Å². The molecule has 0 heterocycles. The number of hydrogen-bond donors (Lipinski definition) is 0. The van der Waals surface area contributed by atoms with Crippen LogP contribution in [0.1, 0.15) is 29.6 Å². The molecule has 1 aliphatic carbocycles. The second-order valence-electron chi connectivity index (χ2n) is 4.57. The Morgan fingerprint density at radius 1 is 1.30 bits per heavy atom. The third-order valence-corrected chi connectivity index (χ3v) is 5.09. The van der Waals surface area contributed by atoms with Crippen molar-refractivity contribution in [3.63, 3.8) is 0 Å². The highest BCUT2D eigenvalue weighted by molar-refractivity contribution is 8.13. The van der Waals surface area contributed by atoms with Gasteiger partial charge in [-0.3, -0.25) is 0 Å². The summed E-state index contributed by atoms with van der Waals surface area (Å²) in [7, 11) is 1.23. The van der Waals surface area contributed by atoms with Crippen molar-refractivity contribution in [1.29, 1.82) is 0 Å². The minimum atomic E-state index is -4.00. The summed E-state index contributed by atoms with van der Waals surface area (Å²) in [4.78, 5) is 11.6. The maximum atomic E-state index is 11.9. The van der Waals surface area contributed by atoms with E-state index in [0.29, 0.717) is 5.92 Å². The van der Waals surface area contributed by atoms with Gasteiger partial charge in [-0.1, -0.05) is 36.0 Å². The summed E-state index contributed by atoms with van der Waals surface area (Å²) in [5.74, 6) is -0.0869. The van der Waals surface area contributed by atoms with Crippen LogP contribution in [0.2, 0.25) is 10.0 Å². The number of carbonyl (C=O) groups is 1. The number of esters is 1. The van der Waals surface area contributed by atoms with Crippen LogP contribution in [0.5, 0.6) is 0 Å². The lowest BCUT2D eigenvalue weighted by atomic mass is 10.2. The fourth-order valence-corrected chi connectivity index (χ4v) is 2.91. The van der Waals surface area contributed by atoms with Crippen LogP contribution in [0.25, 0.3) is 0 Å². The molecule has 1 aromatic carbocycles. The Balaban J connectivity index is 2.20. The lowest BCUT2D eigenvalue weighted by Crippen LogP contribution is -2.09. The summed E-state index contributed by atoms with van der Waals surface area (Å²) in [6, 6.07) is 2.16. The molecule has 0 unspecified atom stereocenters. The van der Waals surface area contributed by atoms with Crippen molar-refractivity contribution in [3.8, 4) is 0 Å². The zero-order valence-corrected chi connectivity index (χ0v) is 13.3. The van der Waals surface area contributed by atoms with E-state index in [9.17, 15) is 13.2 Å². The van der Waals surface area contributed by atoms with Gasteiger partial charge in [-0.2, -0.15) is 0 Å². The average molecular weight is 358 g/mol. The first-order valence-electron chi connectivity index (χ1n) is 5.90. The molecule has 1 aromatic rings. The van der Waals surface area contributed by atoms with Gasteiger partial charge in [-0.25, -0.2) is 13.2 Å². The van der Waals surface area contributed by atoms with Crippen molar-refractivity contribution in [3.05, 3.63) is 27.7 Å². The van der Waals surface area contributed by atoms with Crippen molar-refractivity contribution in [1.82, 2.24) is 0 Å². The molecule has 1 saturated carbocycles. The first kappa shape index (κ1) is 15.9. The molecule has 0 spiro atoms. The van der Waals surface area contributed by atoms with E-state index in [1.54, 1.807) is 0 Å². The summed E-state index contributed by atoms with van der Waals surface area (Å²) in [5.41, 5.74) is -0.103. The highest BCUT2D eigenvalue weighted by atomic mass is 35.7. The van der Waals surface area contributed by atoms with Gasteiger partial charge in [-0.15, -0.1) is 0 Å². The van der Waals surface area contributed by atoms with Gasteiger partial charge in [0.05, 0.1) is 27.1 Å². The number of carbonyl (C=O) groups excluding carboxylic acids is 1. The number of rotatable bonds is 5. The standard InChI is InChI=1S/C12H11Cl3O4S/c13-10-6-8(20(15,17)18)5-9(11(10)14)12(16)19-4-3-7-1-2-7/h5-7H,1-4H2. The Labute approximate surface area is 131 Å². The lowest BCUT2D eigenvalue weighted by molar-refractivity contribution is 0.0495. The molecule has 0 atom stereocenters. The Morgan fingerprint density at radius 2 is 1.95 bits per heavy atom. The zero-order chi connectivity index (χ0) is 14.9. The van der Waals surface area contributed by atoms with E-state index in [2.05, 4.69) is 0 Å². The topological polar surface area (TPSA) is 60.4 Å². The summed E-state index contributed by atoms with van der Waals surface area (Å²) in [5, 5.41) is -0.116. The predicted octanol–water partition coefficient (Wildman–Crippen LogP) is 3.88. The molecule has 0 radical (unpaired) electrons. The Bertz CT molecular complexity index is 638. The predicted molar refractivity (Wildman–Crippen MR) is 77.1 cm³/mol. The first-order chi connectivity index (χ1) is 9.29. The van der Waals surface area contributed by atoms with Gasteiger partial charge in [0, 0.05) is 10.7 Å². The van der Waals surface area contributed by atoms with Crippen molar-refractivity contribution in [2.75, 3.05) is 6.61 Å². The SMILES string of the molecule is O=C(OCCC1CC1)c1cc(S(=O)(=O)Cl)cc(Cl)c1Cl. The highest BCUT2D eigenvalue weighted by Gasteiger charge is 2.23. The first-order valence-corrected chi connectivity index (χ1v) is 8.96. The average Bonchev–Trinajstić information content (AvgIpc) is 3.15. The molecule has 0 amide bonds. The zero-order valence-electron chi connectivity index (χ0n) is 10.2. The van der Waals surface area contributed by atoms with Crippen LogP contribution in [0, 0.1) is 5.92 Å². The monoisotopic (exact) mass is 356 g/mol.